The fraction of sp³-hybridized carbons (Fsp3) is 0.0500. The van der Waals surface area contributed by atoms with Crippen LogP contribution in [0.1, 0.15) is 15.9 Å². The number of carbonyl (C=O) groups is 1. The van der Waals surface area contributed by atoms with Crippen LogP contribution in [0.4, 0.5) is 14.5 Å². The molecule has 5 nitrogen and oxygen atoms in total. The van der Waals surface area contributed by atoms with Crippen LogP contribution >= 0.6 is 0 Å². The highest BCUT2D eigenvalue weighted by Crippen LogP contribution is 2.33. The lowest BCUT2D eigenvalue weighted by atomic mass is 10.0. The van der Waals surface area contributed by atoms with Gasteiger partial charge in [0.2, 0.25) is 0 Å². The van der Waals surface area contributed by atoms with Crippen LogP contribution in [0.5, 0.6) is 11.5 Å². The topological polar surface area (TPSA) is 75.6 Å². The van der Waals surface area contributed by atoms with E-state index in [1.165, 1.54) is 12.1 Å². The summed E-state index contributed by atoms with van der Waals surface area (Å²) in [6, 6.07) is 16.0. The van der Waals surface area contributed by atoms with Gasteiger partial charge >= 0.3 is 0 Å². The molecule has 3 aromatic rings. The van der Waals surface area contributed by atoms with Crippen molar-refractivity contribution in [3.8, 4) is 11.5 Å². The van der Waals surface area contributed by atoms with Crippen molar-refractivity contribution in [3.63, 3.8) is 0 Å². The predicted molar refractivity (Wildman–Crippen MR) is 102 cm³/mol. The molecule has 0 fully saturated rings. The first-order valence-electron chi connectivity index (χ1n) is 8.14. The largest absolute Gasteiger partial charge is 0.452 e. The highest BCUT2D eigenvalue weighted by atomic mass is 32.2. The van der Waals surface area contributed by atoms with E-state index in [2.05, 4.69) is 4.72 Å². The van der Waals surface area contributed by atoms with Crippen molar-refractivity contribution >= 4 is 22.7 Å². The van der Waals surface area contributed by atoms with E-state index in [4.69, 9.17) is 9.29 Å². The molecular formula is C20H15F2NO4S. The van der Waals surface area contributed by atoms with Gasteiger partial charge in [0.15, 0.2) is 23.1 Å². The molecular weight excluding hydrogens is 388 g/mol. The van der Waals surface area contributed by atoms with Crippen LogP contribution in [0, 0.1) is 11.6 Å². The van der Waals surface area contributed by atoms with E-state index in [1.807, 2.05) is 0 Å². The minimum atomic E-state index is -2.39. The number of ketones is 1. The highest BCUT2D eigenvalue weighted by molar-refractivity contribution is 7.80. The molecule has 2 N–H and O–H groups in total. The zero-order valence-electron chi connectivity index (χ0n) is 14.4. The summed E-state index contributed by atoms with van der Waals surface area (Å²) < 4.78 is 54.9. The Hall–Kier alpha value is -3.10. The fourth-order valence-corrected chi connectivity index (χ4v) is 2.88. The molecule has 0 aromatic heterocycles. The maximum absolute atomic E-state index is 13.9. The van der Waals surface area contributed by atoms with Gasteiger partial charge in [-0.2, -0.15) is 0 Å². The summed E-state index contributed by atoms with van der Waals surface area (Å²) in [7, 11) is 0. The Kier molecular flexibility index (Phi) is 6.13. The normalized spacial score (nSPS) is 11.7. The van der Waals surface area contributed by atoms with Crippen LogP contribution in [0.2, 0.25) is 0 Å². The van der Waals surface area contributed by atoms with Crippen molar-refractivity contribution < 1.29 is 27.1 Å². The minimum Gasteiger partial charge on any atom is -0.452 e. The molecule has 0 bridgehead atoms. The smallest absolute Gasteiger partial charge is 0.259 e. The molecule has 0 spiro atoms. The predicted octanol–water partition coefficient (Wildman–Crippen LogP) is 4.73. The Morgan fingerprint density at radius 1 is 1.00 bits per heavy atom. The number of hydrogen-bond acceptors (Lipinski definition) is 3. The van der Waals surface area contributed by atoms with Gasteiger partial charge in [0.05, 0.1) is 5.69 Å². The van der Waals surface area contributed by atoms with Crippen LogP contribution in [0.15, 0.2) is 66.7 Å². The molecule has 0 aliphatic heterocycles. The average molecular weight is 403 g/mol. The SMILES string of the molecule is O=C(Cc1ccc(NS(=O)O)c(Oc2ccc(F)cc2F)c1)c1ccccc1. The summed E-state index contributed by atoms with van der Waals surface area (Å²) in [5.41, 5.74) is 1.20. The summed E-state index contributed by atoms with van der Waals surface area (Å²) in [5.74, 6) is -2.07. The number of carbonyl (C=O) groups excluding carboxylic acids is 1. The molecule has 0 aliphatic rings. The van der Waals surface area contributed by atoms with E-state index in [0.717, 1.165) is 12.1 Å². The lowest BCUT2D eigenvalue weighted by Gasteiger charge is -2.13. The van der Waals surface area contributed by atoms with Crippen molar-refractivity contribution in [1.82, 2.24) is 0 Å². The van der Waals surface area contributed by atoms with Crippen LogP contribution in [-0.2, 0) is 17.7 Å². The van der Waals surface area contributed by atoms with Crippen molar-refractivity contribution in [2.24, 2.45) is 0 Å². The number of halogens is 2. The van der Waals surface area contributed by atoms with Gasteiger partial charge in [0.1, 0.15) is 5.82 Å². The Morgan fingerprint density at radius 2 is 1.75 bits per heavy atom. The van der Waals surface area contributed by atoms with E-state index < -0.39 is 22.9 Å². The standard InChI is InChI=1S/C20H15F2NO4S/c21-15-7-9-19(16(22)12-15)27-20-11-13(6-8-17(20)23-28(25)26)10-18(24)14-4-2-1-3-5-14/h1-9,11-12,23H,10H2,(H,25,26). The van der Waals surface area contributed by atoms with E-state index >= 15 is 0 Å². The third-order valence-electron chi connectivity index (χ3n) is 3.82. The Morgan fingerprint density at radius 3 is 2.43 bits per heavy atom. The number of anilines is 1. The maximum Gasteiger partial charge on any atom is 0.259 e. The Balaban J connectivity index is 1.90. The van der Waals surface area contributed by atoms with E-state index in [0.29, 0.717) is 17.2 Å². The van der Waals surface area contributed by atoms with E-state index in [9.17, 15) is 17.8 Å². The number of benzene rings is 3. The maximum atomic E-state index is 13.9. The first-order chi connectivity index (χ1) is 13.4. The highest BCUT2D eigenvalue weighted by Gasteiger charge is 2.14. The van der Waals surface area contributed by atoms with Crippen LogP contribution in [-0.4, -0.2) is 14.5 Å². The van der Waals surface area contributed by atoms with Crippen LogP contribution in [0.25, 0.3) is 0 Å². The lowest BCUT2D eigenvalue weighted by Crippen LogP contribution is -2.06. The van der Waals surface area contributed by atoms with Crippen molar-refractivity contribution in [2.45, 2.75) is 6.42 Å². The molecule has 0 saturated heterocycles. The third kappa shape index (κ3) is 4.99. The molecule has 144 valence electrons. The summed E-state index contributed by atoms with van der Waals surface area (Å²) in [5, 5.41) is 0. The fourth-order valence-electron chi connectivity index (χ4n) is 2.53. The van der Waals surface area contributed by atoms with E-state index in [1.54, 1.807) is 36.4 Å². The summed E-state index contributed by atoms with van der Waals surface area (Å²) in [6.07, 6.45) is 0.0504. The number of Topliss-reactive ketones (excluding diaryl/α,β-unsaturated/α-hetero) is 1. The molecule has 0 radical (unpaired) electrons. The molecule has 0 heterocycles. The zero-order valence-corrected chi connectivity index (χ0v) is 15.2. The Labute approximate surface area is 162 Å². The first-order valence-corrected chi connectivity index (χ1v) is 9.24. The average Bonchev–Trinajstić information content (AvgIpc) is 2.66. The van der Waals surface area contributed by atoms with Gasteiger partial charge < -0.3 is 4.74 Å². The molecule has 1 atom stereocenters. The second-order valence-electron chi connectivity index (χ2n) is 5.82. The zero-order chi connectivity index (χ0) is 20.1. The van der Waals surface area contributed by atoms with Gasteiger partial charge in [-0.05, 0) is 29.8 Å². The van der Waals surface area contributed by atoms with Gasteiger partial charge in [-0.1, -0.05) is 36.4 Å². The molecule has 8 heteroatoms. The molecule has 0 aliphatic carbocycles. The summed E-state index contributed by atoms with van der Waals surface area (Å²) >= 11 is -2.39. The summed E-state index contributed by atoms with van der Waals surface area (Å²) in [6.45, 7) is 0. The molecule has 28 heavy (non-hydrogen) atoms. The second-order valence-corrected chi connectivity index (χ2v) is 6.53. The van der Waals surface area contributed by atoms with Crippen molar-refractivity contribution in [1.29, 1.82) is 0 Å². The van der Waals surface area contributed by atoms with Gasteiger partial charge in [-0.25, -0.2) is 13.0 Å². The van der Waals surface area contributed by atoms with Crippen LogP contribution < -0.4 is 9.46 Å². The lowest BCUT2D eigenvalue weighted by molar-refractivity contribution is 0.0993. The molecule has 1 unspecified atom stereocenters. The number of nitrogens with one attached hydrogen (secondary N) is 1. The third-order valence-corrected chi connectivity index (χ3v) is 4.21. The molecule has 3 rings (SSSR count). The molecule has 0 amide bonds. The quantitative estimate of drug-likeness (QED) is 0.442. The van der Waals surface area contributed by atoms with Crippen LogP contribution in [0.3, 0.4) is 0 Å². The molecule has 3 aromatic carbocycles. The monoisotopic (exact) mass is 403 g/mol. The van der Waals surface area contributed by atoms with Gasteiger partial charge in [-0.15, -0.1) is 0 Å². The summed E-state index contributed by atoms with van der Waals surface area (Å²) in [4.78, 5) is 12.4. The Bertz CT molecular complexity index is 1030. The number of hydrogen-bond donors (Lipinski definition) is 2. The van der Waals surface area contributed by atoms with Gasteiger partial charge in [0, 0.05) is 18.1 Å². The number of rotatable bonds is 7. The molecule has 0 saturated carbocycles. The minimum absolute atomic E-state index is 0.0197. The van der Waals surface area contributed by atoms with E-state index in [-0.39, 0.29) is 29.4 Å². The number of ether oxygens (including phenoxy) is 1. The van der Waals surface area contributed by atoms with Gasteiger partial charge in [-0.3, -0.25) is 14.1 Å². The van der Waals surface area contributed by atoms with Gasteiger partial charge in [0.25, 0.3) is 11.3 Å². The van der Waals surface area contributed by atoms with Crippen molar-refractivity contribution in [2.75, 3.05) is 4.72 Å². The first kappa shape index (κ1) is 19.7. The second kappa shape index (κ2) is 8.73. The van der Waals surface area contributed by atoms with Crippen molar-refractivity contribution in [3.05, 3.63) is 89.5 Å².